The summed E-state index contributed by atoms with van der Waals surface area (Å²) in [6.45, 7) is 6.32. The van der Waals surface area contributed by atoms with Gasteiger partial charge in [-0.25, -0.2) is 9.37 Å². The van der Waals surface area contributed by atoms with Gasteiger partial charge in [-0.05, 0) is 38.1 Å². The van der Waals surface area contributed by atoms with Gasteiger partial charge < -0.3 is 20.5 Å². The molecule has 1 saturated heterocycles. The van der Waals surface area contributed by atoms with E-state index in [0.29, 0.717) is 49.5 Å². The van der Waals surface area contributed by atoms with Gasteiger partial charge in [-0.2, -0.15) is 4.39 Å². The topological polar surface area (TPSA) is 96.5 Å². The Kier molecular flexibility index (Phi) is 5.04. The largest absolute Gasteiger partial charge is 0.365 e. The van der Waals surface area contributed by atoms with Crippen molar-refractivity contribution in [1.29, 1.82) is 0 Å². The molecule has 8 nitrogen and oxygen atoms in total. The molecule has 0 radical (unpaired) electrons. The van der Waals surface area contributed by atoms with Crippen molar-refractivity contribution >= 4 is 34.1 Å². The van der Waals surface area contributed by atoms with Gasteiger partial charge in [0, 0.05) is 49.4 Å². The minimum Gasteiger partial charge on any atom is -0.365 e. The number of carbonyl (C=O) groups is 2. The van der Waals surface area contributed by atoms with Gasteiger partial charge in [0.15, 0.2) is 5.82 Å². The number of carbonyl (C=O) groups excluding carboxylic acids is 2. The van der Waals surface area contributed by atoms with Crippen LogP contribution in [0.1, 0.15) is 34.7 Å². The van der Waals surface area contributed by atoms with E-state index in [1.54, 1.807) is 6.92 Å². The van der Waals surface area contributed by atoms with Crippen LogP contribution in [-0.2, 0) is 11.3 Å². The van der Waals surface area contributed by atoms with Crippen molar-refractivity contribution in [3.8, 4) is 0 Å². The summed E-state index contributed by atoms with van der Waals surface area (Å²) in [6, 6.07) is 6.35. The summed E-state index contributed by atoms with van der Waals surface area (Å²) in [5.41, 5.74) is 7.73. The first-order valence-corrected chi connectivity index (χ1v) is 10.8. The van der Waals surface area contributed by atoms with Crippen LogP contribution in [0.25, 0.3) is 10.9 Å². The number of hydrogen-bond donors (Lipinski definition) is 2. The molecule has 1 aromatic carbocycles. The second-order valence-corrected chi connectivity index (χ2v) is 8.62. The first-order chi connectivity index (χ1) is 15.7. The van der Waals surface area contributed by atoms with Crippen LogP contribution >= 0.6 is 0 Å². The summed E-state index contributed by atoms with van der Waals surface area (Å²) in [4.78, 5) is 31.1. The number of pyridine rings is 1. The van der Waals surface area contributed by atoms with Crippen molar-refractivity contribution < 1.29 is 18.4 Å². The molecule has 0 aliphatic carbocycles. The van der Waals surface area contributed by atoms with Gasteiger partial charge in [0.05, 0.1) is 11.2 Å². The number of piperazine rings is 1. The van der Waals surface area contributed by atoms with Gasteiger partial charge in [-0.15, -0.1) is 0 Å². The third kappa shape index (κ3) is 3.50. The first kappa shape index (κ1) is 21.3. The van der Waals surface area contributed by atoms with Crippen LogP contribution in [0.4, 0.5) is 20.2 Å². The molecule has 2 aliphatic heterocycles. The Morgan fingerprint density at radius 2 is 1.94 bits per heavy atom. The Balaban J connectivity index is 1.35. The molecule has 4 heterocycles. The lowest BCUT2D eigenvalue weighted by molar-refractivity contribution is -0.119. The summed E-state index contributed by atoms with van der Waals surface area (Å²) < 4.78 is 31.7. The second-order valence-electron chi connectivity index (χ2n) is 8.62. The van der Waals surface area contributed by atoms with Crippen molar-refractivity contribution in [2.24, 2.45) is 5.73 Å². The van der Waals surface area contributed by atoms with Crippen molar-refractivity contribution in [3.63, 3.8) is 0 Å². The predicted molar refractivity (Wildman–Crippen MR) is 120 cm³/mol. The van der Waals surface area contributed by atoms with Crippen molar-refractivity contribution in [2.45, 2.75) is 26.4 Å². The van der Waals surface area contributed by atoms with E-state index >= 15 is 4.39 Å². The number of aromatic nitrogens is 2. The number of nitrogens with one attached hydrogen (secondary N) is 1. The van der Waals surface area contributed by atoms with Crippen molar-refractivity contribution in [1.82, 2.24) is 14.5 Å². The van der Waals surface area contributed by atoms with Crippen molar-refractivity contribution in [2.75, 3.05) is 36.4 Å². The quantitative estimate of drug-likeness (QED) is 0.591. The van der Waals surface area contributed by atoms with Gasteiger partial charge in [-0.1, -0.05) is 0 Å². The van der Waals surface area contributed by atoms with E-state index in [1.807, 2.05) is 28.5 Å². The lowest BCUT2D eigenvalue weighted by atomic mass is 10.1. The lowest BCUT2D eigenvalue weighted by Gasteiger charge is -2.36. The molecule has 2 aromatic heterocycles. The highest BCUT2D eigenvalue weighted by molar-refractivity contribution is 6.07. The average molecular weight is 454 g/mol. The van der Waals surface area contributed by atoms with E-state index < -0.39 is 17.7 Å². The molecule has 5 rings (SSSR count). The number of benzene rings is 1. The van der Waals surface area contributed by atoms with Gasteiger partial charge in [-0.3, -0.25) is 14.5 Å². The number of halogens is 2. The Hall–Kier alpha value is -3.53. The van der Waals surface area contributed by atoms with E-state index in [2.05, 4.69) is 15.2 Å². The molecule has 33 heavy (non-hydrogen) atoms. The molecule has 0 spiro atoms. The molecular formula is C23H24F2N6O2. The summed E-state index contributed by atoms with van der Waals surface area (Å²) in [5, 5.41) is 3.63. The zero-order chi connectivity index (χ0) is 23.4. The zero-order valence-corrected chi connectivity index (χ0v) is 18.4. The maximum atomic E-state index is 15.4. The number of rotatable bonds is 4. The smallest absolute Gasteiger partial charge is 0.267 e. The second kappa shape index (κ2) is 7.80. The van der Waals surface area contributed by atoms with Crippen LogP contribution in [0.2, 0.25) is 0 Å². The highest BCUT2D eigenvalue weighted by atomic mass is 19.1. The molecule has 1 atom stereocenters. The van der Waals surface area contributed by atoms with Crippen LogP contribution in [0.5, 0.6) is 0 Å². The van der Waals surface area contributed by atoms with E-state index in [4.69, 9.17) is 5.73 Å². The fraction of sp³-hybridized carbons (Fsp3) is 0.348. The summed E-state index contributed by atoms with van der Waals surface area (Å²) in [7, 11) is 0. The number of nitrogens with zero attached hydrogens (tertiary/aromatic N) is 4. The summed E-state index contributed by atoms with van der Waals surface area (Å²) in [5.74, 6) is -2.16. The first-order valence-electron chi connectivity index (χ1n) is 10.8. The molecule has 0 bridgehead atoms. The van der Waals surface area contributed by atoms with Gasteiger partial charge in [0.2, 0.25) is 11.9 Å². The third-order valence-corrected chi connectivity index (χ3v) is 6.53. The lowest BCUT2D eigenvalue weighted by Crippen LogP contribution is -2.46. The SMILES string of the molecule is Cc1cc2cc(CN3CCN(c4ccc(C(N)=O)nc4F)CC3)c(F)c3c2n1C(C)C(=O)N3. The molecule has 0 saturated carbocycles. The molecule has 10 heteroatoms. The maximum Gasteiger partial charge on any atom is 0.267 e. The Labute approximate surface area is 189 Å². The molecule has 1 fully saturated rings. The fourth-order valence-electron chi connectivity index (χ4n) is 4.83. The van der Waals surface area contributed by atoms with Crippen LogP contribution in [0.3, 0.4) is 0 Å². The Morgan fingerprint density at radius 3 is 2.61 bits per heavy atom. The Morgan fingerprint density at radius 1 is 1.21 bits per heavy atom. The molecular weight excluding hydrogens is 430 g/mol. The van der Waals surface area contributed by atoms with E-state index in [1.165, 1.54) is 12.1 Å². The highest BCUT2D eigenvalue weighted by Gasteiger charge is 2.30. The fourth-order valence-corrected chi connectivity index (χ4v) is 4.83. The van der Waals surface area contributed by atoms with Crippen LogP contribution in [0.15, 0.2) is 24.3 Å². The average Bonchev–Trinajstić information content (AvgIpc) is 3.11. The van der Waals surface area contributed by atoms with Crippen molar-refractivity contribution in [3.05, 3.63) is 53.0 Å². The van der Waals surface area contributed by atoms with Crippen LogP contribution in [0, 0.1) is 18.7 Å². The number of hydrogen-bond acceptors (Lipinski definition) is 5. The number of anilines is 2. The molecule has 3 aromatic rings. The molecule has 1 unspecified atom stereocenters. The normalized spacial score (nSPS) is 18.6. The molecule has 3 N–H and O–H groups in total. The van der Waals surface area contributed by atoms with Crippen LogP contribution < -0.4 is 16.0 Å². The van der Waals surface area contributed by atoms with E-state index in [9.17, 15) is 14.0 Å². The number of primary amides is 1. The van der Waals surface area contributed by atoms with E-state index in [0.717, 1.165) is 11.1 Å². The predicted octanol–water partition coefficient (Wildman–Crippen LogP) is 2.56. The van der Waals surface area contributed by atoms with Gasteiger partial charge in [0.25, 0.3) is 5.91 Å². The number of aryl methyl sites for hydroxylation is 1. The zero-order valence-electron chi connectivity index (χ0n) is 18.4. The monoisotopic (exact) mass is 454 g/mol. The minimum absolute atomic E-state index is 0.115. The molecule has 2 amide bonds. The number of amides is 2. The molecule has 2 aliphatic rings. The summed E-state index contributed by atoms with van der Waals surface area (Å²) in [6.07, 6.45) is 0. The van der Waals surface area contributed by atoms with E-state index in [-0.39, 0.29) is 23.3 Å². The standard InChI is InChI=1S/C23H24F2N6O2/c1-12-9-14-10-15(18(24)19-20(14)31(12)13(2)23(33)28-19)11-29-5-7-30(8-6-29)17-4-3-16(22(26)32)27-21(17)25/h3-4,9-10,13H,5-8,11H2,1-2H3,(H2,26,32)(H,28,33). The number of nitrogens with two attached hydrogens (primary N) is 1. The van der Waals surface area contributed by atoms with Crippen LogP contribution in [-0.4, -0.2) is 52.4 Å². The Bertz CT molecular complexity index is 1300. The third-order valence-electron chi connectivity index (χ3n) is 6.53. The van der Waals surface area contributed by atoms with Gasteiger partial charge in [0.1, 0.15) is 17.4 Å². The minimum atomic E-state index is -0.778. The highest BCUT2D eigenvalue weighted by Crippen LogP contribution is 2.38. The maximum absolute atomic E-state index is 15.4. The molecule has 172 valence electrons. The summed E-state index contributed by atoms with van der Waals surface area (Å²) >= 11 is 0. The van der Waals surface area contributed by atoms with Gasteiger partial charge >= 0.3 is 0 Å².